The number of halogens is 1. The van der Waals surface area contributed by atoms with Gasteiger partial charge in [0, 0.05) is 12.6 Å². The fourth-order valence-electron chi connectivity index (χ4n) is 1.39. The first-order valence-corrected chi connectivity index (χ1v) is 4.93. The summed E-state index contributed by atoms with van der Waals surface area (Å²) in [5, 5.41) is 0. The van der Waals surface area contributed by atoms with Crippen molar-refractivity contribution >= 4 is 0 Å². The van der Waals surface area contributed by atoms with E-state index in [9.17, 15) is 4.39 Å². The molecule has 1 rings (SSSR count). The molecule has 0 atom stereocenters. The average Bonchev–Trinajstić information content (AvgIpc) is 2.35. The summed E-state index contributed by atoms with van der Waals surface area (Å²) >= 11 is 0. The second kappa shape index (κ2) is 6.12. The van der Waals surface area contributed by atoms with E-state index in [0.29, 0.717) is 29.8 Å². The second-order valence-corrected chi connectivity index (χ2v) is 3.37. The predicted molar refractivity (Wildman–Crippen MR) is 61.5 cm³/mol. The second-order valence-electron chi connectivity index (χ2n) is 3.37. The molecule has 0 aliphatic rings. The number of methoxy groups -OCH3 is 2. The summed E-state index contributed by atoms with van der Waals surface area (Å²) in [5.74, 6) is 1.37. The van der Waals surface area contributed by atoms with Gasteiger partial charge in [0.25, 0.3) is 0 Å². The maximum Gasteiger partial charge on any atom is 0.122 e. The molecule has 0 saturated heterocycles. The summed E-state index contributed by atoms with van der Waals surface area (Å²) in [5.41, 5.74) is 6.85. The Balaban J connectivity index is 2.94. The van der Waals surface area contributed by atoms with Crippen molar-refractivity contribution in [3.63, 3.8) is 0 Å². The highest BCUT2D eigenvalue weighted by Gasteiger charge is 2.04. The van der Waals surface area contributed by atoms with E-state index in [1.807, 2.05) is 12.1 Å². The molecule has 16 heavy (non-hydrogen) atoms. The molecule has 0 bridgehead atoms. The molecular formula is C12H16FNO2. The Labute approximate surface area is 94.7 Å². The Kier molecular flexibility index (Phi) is 4.79. The maximum atomic E-state index is 12.4. The number of rotatable bonds is 5. The minimum absolute atomic E-state index is 0.204. The number of nitrogens with two attached hydrogens (primary N) is 1. The summed E-state index contributed by atoms with van der Waals surface area (Å²) in [6.07, 6.45) is 1.01. The molecule has 1 aromatic carbocycles. The molecule has 2 N–H and O–H groups in total. The van der Waals surface area contributed by atoms with Crippen molar-refractivity contribution in [2.24, 2.45) is 5.73 Å². The predicted octanol–water partition coefficient (Wildman–Crippen LogP) is 2.06. The Morgan fingerprint density at radius 2 is 1.81 bits per heavy atom. The Bertz CT molecular complexity index is 355. The smallest absolute Gasteiger partial charge is 0.122 e. The average molecular weight is 225 g/mol. The highest BCUT2D eigenvalue weighted by atomic mass is 19.1. The van der Waals surface area contributed by atoms with E-state index < -0.39 is 0 Å². The molecule has 88 valence electrons. The number of hydrogen-bond donors (Lipinski definition) is 1. The van der Waals surface area contributed by atoms with Gasteiger partial charge >= 0.3 is 0 Å². The van der Waals surface area contributed by atoms with Crippen LogP contribution in [0.4, 0.5) is 4.39 Å². The molecule has 0 aliphatic carbocycles. The van der Waals surface area contributed by atoms with Crippen LogP contribution in [0, 0.1) is 0 Å². The van der Waals surface area contributed by atoms with Crippen LogP contribution >= 0.6 is 0 Å². The summed E-state index contributed by atoms with van der Waals surface area (Å²) in [4.78, 5) is 0. The molecule has 0 heterocycles. The largest absolute Gasteiger partial charge is 0.497 e. The van der Waals surface area contributed by atoms with Crippen LogP contribution in [0.2, 0.25) is 0 Å². The lowest BCUT2D eigenvalue weighted by molar-refractivity contribution is 0.393. The van der Waals surface area contributed by atoms with E-state index >= 15 is 0 Å². The quantitative estimate of drug-likeness (QED) is 0.834. The van der Waals surface area contributed by atoms with Gasteiger partial charge in [0.1, 0.15) is 11.5 Å². The monoisotopic (exact) mass is 225 g/mol. The number of ether oxygens (including phenoxy) is 2. The lowest BCUT2D eigenvalue weighted by Gasteiger charge is -2.09. The van der Waals surface area contributed by atoms with Crippen molar-refractivity contribution in [1.82, 2.24) is 0 Å². The third-order valence-corrected chi connectivity index (χ3v) is 2.26. The van der Waals surface area contributed by atoms with Crippen molar-refractivity contribution in [3.8, 4) is 11.5 Å². The highest BCUT2D eigenvalue weighted by molar-refractivity contribution is 5.40. The third-order valence-electron chi connectivity index (χ3n) is 2.26. The van der Waals surface area contributed by atoms with Gasteiger partial charge in [-0.2, -0.15) is 0 Å². The van der Waals surface area contributed by atoms with Crippen LogP contribution in [-0.4, -0.2) is 20.8 Å². The van der Waals surface area contributed by atoms with Gasteiger partial charge in [-0.15, -0.1) is 0 Å². The van der Waals surface area contributed by atoms with Crippen LogP contribution in [0.5, 0.6) is 11.5 Å². The number of hydrogen-bond acceptors (Lipinski definition) is 3. The highest BCUT2D eigenvalue weighted by Crippen LogP contribution is 2.23. The molecule has 0 spiro atoms. The van der Waals surface area contributed by atoms with E-state index in [-0.39, 0.29) is 6.54 Å². The first kappa shape index (κ1) is 12.5. The normalized spacial score (nSPS) is 11.4. The summed E-state index contributed by atoms with van der Waals surface area (Å²) in [7, 11) is 3.15. The van der Waals surface area contributed by atoms with Gasteiger partial charge in [-0.1, -0.05) is 0 Å². The minimum Gasteiger partial charge on any atom is -0.497 e. The lowest BCUT2D eigenvalue weighted by Crippen LogP contribution is -2.05. The van der Waals surface area contributed by atoms with Gasteiger partial charge in [0.05, 0.1) is 20.5 Å². The molecule has 0 radical (unpaired) electrons. The topological polar surface area (TPSA) is 44.5 Å². The zero-order valence-electron chi connectivity index (χ0n) is 9.50. The molecule has 4 heteroatoms. The zero-order valence-corrected chi connectivity index (χ0v) is 9.50. The van der Waals surface area contributed by atoms with Crippen molar-refractivity contribution < 1.29 is 13.9 Å². The minimum atomic E-state index is 0.204. The van der Waals surface area contributed by atoms with Gasteiger partial charge in [-0.05, 0) is 29.7 Å². The molecule has 1 aromatic rings. The van der Waals surface area contributed by atoms with Crippen LogP contribution in [0.3, 0.4) is 0 Å². The first-order chi connectivity index (χ1) is 7.73. The molecule has 0 saturated carbocycles. The van der Waals surface area contributed by atoms with Crippen molar-refractivity contribution in [1.29, 1.82) is 0 Å². The molecule has 0 unspecified atom stereocenters. The molecule has 0 amide bonds. The van der Waals surface area contributed by atoms with E-state index in [0.717, 1.165) is 5.56 Å². The van der Waals surface area contributed by atoms with Crippen molar-refractivity contribution in [2.75, 3.05) is 20.8 Å². The van der Waals surface area contributed by atoms with Crippen LogP contribution < -0.4 is 15.2 Å². The van der Waals surface area contributed by atoms with E-state index in [1.165, 1.54) is 0 Å². The summed E-state index contributed by atoms with van der Waals surface area (Å²) in [6.45, 7) is 0.204. The fraction of sp³-hybridized carbons (Fsp3) is 0.333. The first-order valence-electron chi connectivity index (χ1n) is 4.93. The Hall–Kier alpha value is -1.55. The zero-order chi connectivity index (χ0) is 12.0. The number of benzene rings is 1. The van der Waals surface area contributed by atoms with Crippen LogP contribution in [0.1, 0.15) is 5.56 Å². The maximum absolute atomic E-state index is 12.4. The molecular weight excluding hydrogens is 209 g/mol. The fourth-order valence-corrected chi connectivity index (χ4v) is 1.39. The standard InChI is InChI=1S/C12H16FNO2/c1-15-11-4-9(3-10(7-13)8-14)5-12(6-11)16-2/h4-7H,3,8,14H2,1-2H3/b10-7-. The molecule has 0 aliphatic heterocycles. The van der Waals surface area contributed by atoms with Crippen molar-refractivity contribution in [3.05, 3.63) is 35.7 Å². The van der Waals surface area contributed by atoms with Crippen LogP contribution in [-0.2, 0) is 6.42 Å². The molecule has 0 fully saturated rings. The Morgan fingerprint density at radius 3 is 2.19 bits per heavy atom. The van der Waals surface area contributed by atoms with E-state index in [1.54, 1.807) is 20.3 Å². The Morgan fingerprint density at radius 1 is 1.25 bits per heavy atom. The molecule has 3 nitrogen and oxygen atoms in total. The van der Waals surface area contributed by atoms with Gasteiger partial charge in [-0.25, -0.2) is 4.39 Å². The SMILES string of the molecule is COc1cc(C/C(=C/F)CN)cc(OC)c1. The van der Waals surface area contributed by atoms with Gasteiger partial charge in [-0.3, -0.25) is 0 Å². The van der Waals surface area contributed by atoms with Gasteiger partial charge in [0.2, 0.25) is 0 Å². The van der Waals surface area contributed by atoms with E-state index in [4.69, 9.17) is 15.2 Å². The summed E-state index contributed by atoms with van der Waals surface area (Å²) in [6, 6.07) is 5.44. The van der Waals surface area contributed by atoms with E-state index in [2.05, 4.69) is 0 Å². The van der Waals surface area contributed by atoms with Crippen LogP contribution in [0.25, 0.3) is 0 Å². The summed E-state index contributed by atoms with van der Waals surface area (Å²) < 4.78 is 22.6. The lowest BCUT2D eigenvalue weighted by atomic mass is 10.1. The van der Waals surface area contributed by atoms with Gasteiger partial charge in [0.15, 0.2) is 0 Å². The third kappa shape index (κ3) is 3.24. The van der Waals surface area contributed by atoms with Gasteiger partial charge < -0.3 is 15.2 Å². The molecule has 0 aromatic heterocycles. The van der Waals surface area contributed by atoms with Crippen molar-refractivity contribution in [2.45, 2.75) is 6.42 Å². The van der Waals surface area contributed by atoms with Crippen LogP contribution in [0.15, 0.2) is 30.1 Å².